The molecule has 2 heteroatoms. The van der Waals surface area contributed by atoms with E-state index in [1.54, 1.807) is 11.3 Å². The SMILES string of the molecule is Nc1ccccc1C#Cc1cccs1. The topological polar surface area (TPSA) is 26.0 Å². The molecule has 0 aliphatic heterocycles. The van der Waals surface area contributed by atoms with Crippen molar-refractivity contribution < 1.29 is 0 Å². The third kappa shape index (κ3) is 1.95. The maximum Gasteiger partial charge on any atom is 0.0772 e. The first kappa shape index (κ1) is 8.86. The summed E-state index contributed by atoms with van der Waals surface area (Å²) in [7, 11) is 0. The van der Waals surface area contributed by atoms with Crippen molar-refractivity contribution in [3.05, 3.63) is 52.2 Å². The summed E-state index contributed by atoms with van der Waals surface area (Å²) in [5.41, 5.74) is 7.38. The van der Waals surface area contributed by atoms with Gasteiger partial charge < -0.3 is 5.73 Å². The van der Waals surface area contributed by atoms with Crippen molar-refractivity contribution in [3.63, 3.8) is 0 Å². The number of nitrogen functional groups attached to an aromatic ring is 1. The number of nitrogens with two attached hydrogens (primary N) is 1. The zero-order valence-corrected chi connectivity index (χ0v) is 8.34. The van der Waals surface area contributed by atoms with Crippen LogP contribution in [0.5, 0.6) is 0 Å². The molecule has 1 aromatic heterocycles. The van der Waals surface area contributed by atoms with Gasteiger partial charge in [0.1, 0.15) is 0 Å². The highest BCUT2D eigenvalue weighted by molar-refractivity contribution is 7.10. The van der Waals surface area contributed by atoms with Crippen LogP contribution in [-0.4, -0.2) is 0 Å². The lowest BCUT2D eigenvalue weighted by Gasteiger charge is -1.94. The normalized spacial score (nSPS) is 9.14. The third-order valence-corrected chi connectivity index (χ3v) is 2.59. The van der Waals surface area contributed by atoms with Crippen molar-refractivity contribution in [1.29, 1.82) is 0 Å². The molecule has 0 aliphatic carbocycles. The molecule has 1 aromatic carbocycles. The molecule has 0 unspecified atom stereocenters. The van der Waals surface area contributed by atoms with Gasteiger partial charge in [-0.1, -0.05) is 30.0 Å². The van der Waals surface area contributed by atoms with Crippen molar-refractivity contribution in [2.45, 2.75) is 0 Å². The molecule has 0 bridgehead atoms. The van der Waals surface area contributed by atoms with Crippen LogP contribution < -0.4 is 5.73 Å². The first-order valence-corrected chi connectivity index (χ1v) is 5.14. The monoisotopic (exact) mass is 199 g/mol. The first-order valence-electron chi connectivity index (χ1n) is 4.26. The largest absolute Gasteiger partial charge is 0.398 e. The fraction of sp³-hybridized carbons (Fsp3) is 0. The summed E-state index contributed by atoms with van der Waals surface area (Å²) in [5.74, 6) is 6.12. The van der Waals surface area contributed by atoms with E-state index in [0.29, 0.717) is 0 Å². The van der Waals surface area contributed by atoms with Crippen LogP contribution >= 0.6 is 11.3 Å². The van der Waals surface area contributed by atoms with E-state index in [1.807, 2.05) is 41.8 Å². The van der Waals surface area contributed by atoms with Crippen LogP contribution in [0, 0.1) is 11.8 Å². The van der Waals surface area contributed by atoms with Gasteiger partial charge in [0.25, 0.3) is 0 Å². The van der Waals surface area contributed by atoms with Crippen molar-refractivity contribution >= 4 is 17.0 Å². The summed E-state index contributed by atoms with van der Waals surface area (Å²) in [6.45, 7) is 0. The van der Waals surface area contributed by atoms with Gasteiger partial charge >= 0.3 is 0 Å². The van der Waals surface area contributed by atoms with E-state index in [9.17, 15) is 0 Å². The number of thiophene rings is 1. The van der Waals surface area contributed by atoms with Crippen molar-refractivity contribution in [2.75, 3.05) is 5.73 Å². The molecule has 0 saturated heterocycles. The molecule has 0 aliphatic rings. The van der Waals surface area contributed by atoms with Gasteiger partial charge in [0, 0.05) is 11.3 Å². The Bertz CT molecular complexity index is 475. The highest BCUT2D eigenvalue weighted by Gasteiger charge is 1.91. The molecule has 1 heterocycles. The number of anilines is 1. The quantitative estimate of drug-likeness (QED) is 0.512. The summed E-state index contributed by atoms with van der Waals surface area (Å²) >= 11 is 1.63. The molecule has 1 nitrogen and oxygen atoms in total. The van der Waals surface area contributed by atoms with Crippen LogP contribution in [0.25, 0.3) is 0 Å². The minimum atomic E-state index is 0.733. The second-order valence-electron chi connectivity index (χ2n) is 2.81. The molecule has 0 fully saturated rings. The fourth-order valence-electron chi connectivity index (χ4n) is 1.09. The van der Waals surface area contributed by atoms with Gasteiger partial charge in [0.2, 0.25) is 0 Å². The molecule has 0 radical (unpaired) electrons. The summed E-state index contributed by atoms with van der Waals surface area (Å²) in [4.78, 5) is 1.06. The van der Waals surface area contributed by atoms with Gasteiger partial charge in [0.05, 0.1) is 4.88 Å². The van der Waals surface area contributed by atoms with Gasteiger partial charge in [0.15, 0.2) is 0 Å². The van der Waals surface area contributed by atoms with E-state index in [-0.39, 0.29) is 0 Å². The minimum Gasteiger partial charge on any atom is -0.398 e. The molecule has 0 amide bonds. The van der Waals surface area contributed by atoms with Crippen LogP contribution in [0.3, 0.4) is 0 Å². The van der Waals surface area contributed by atoms with Gasteiger partial charge in [-0.05, 0) is 23.6 Å². The molecule has 0 spiro atoms. The Morgan fingerprint density at radius 1 is 1.00 bits per heavy atom. The van der Waals surface area contributed by atoms with Crippen molar-refractivity contribution in [2.24, 2.45) is 0 Å². The van der Waals surface area contributed by atoms with Gasteiger partial charge in [-0.2, -0.15) is 0 Å². The summed E-state index contributed by atoms with van der Waals surface area (Å²) < 4.78 is 0. The maximum absolute atomic E-state index is 5.76. The molecule has 0 atom stereocenters. The van der Waals surface area contributed by atoms with Crippen LogP contribution in [0.1, 0.15) is 10.4 Å². The molecular formula is C12H9NS. The lowest BCUT2D eigenvalue weighted by atomic mass is 10.2. The van der Waals surface area contributed by atoms with Gasteiger partial charge in [-0.15, -0.1) is 11.3 Å². The Labute approximate surface area is 87.2 Å². The predicted octanol–water partition coefficient (Wildman–Crippen LogP) is 2.73. The molecule has 2 N–H and O–H groups in total. The number of hydrogen-bond acceptors (Lipinski definition) is 2. The van der Waals surface area contributed by atoms with Crippen LogP contribution in [0.4, 0.5) is 5.69 Å². The molecule has 2 rings (SSSR count). The number of benzene rings is 1. The van der Waals surface area contributed by atoms with Crippen molar-refractivity contribution in [3.8, 4) is 11.8 Å². The third-order valence-electron chi connectivity index (χ3n) is 1.80. The lowest BCUT2D eigenvalue weighted by Crippen LogP contribution is -1.88. The smallest absolute Gasteiger partial charge is 0.0772 e. The highest BCUT2D eigenvalue weighted by Crippen LogP contribution is 2.10. The summed E-state index contributed by atoms with van der Waals surface area (Å²) in [6.07, 6.45) is 0. The first-order chi connectivity index (χ1) is 6.86. The Morgan fingerprint density at radius 2 is 1.86 bits per heavy atom. The average Bonchev–Trinajstić information content (AvgIpc) is 2.69. The summed E-state index contributed by atoms with van der Waals surface area (Å²) in [5, 5.41) is 2.01. The standard InChI is InChI=1S/C12H9NS/c13-12-6-2-1-4-10(12)7-8-11-5-3-9-14-11/h1-6,9H,13H2. The van der Waals surface area contributed by atoms with Crippen LogP contribution in [0.2, 0.25) is 0 Å². The zero-order valence-electron chi connectivity index (χ0n) is 7.53. The van der Waals surface area contributed by atoms with Crippen LogP contribution in [0.15, 0.2) is 41.8 Å². The van der Waals surface area contributed by atoms with E-state index in [0.717, 1.165) is 16.1 Å². The van der Waals surface area contributed by atoms with Crippen molar-refractivity contribution in [1.82, 2.24) is 0 Å². The lowest BCUT2D eigenvalue weighted by molar-refractivity contribution is 1.63. The Kier molecular flexibility index (Phi) is 2.53. The molecule has 68 valence electrons. The predicted molar refractivity (Wildman–Crippen MR) is 61.2 cm³/mol. The maximum atomic E-state index is 5.76. The minimum absolute atomic E-state index is 0.733. The number of para-hydroxylation sites is 1. The van der Waals surface area contributed by atoms with E-state index < -0.39 is 0 Å². The molecule has 0 saturated carbocycles. The Balaban J connectivity index is 2.31. The summed E-state index contributed by atoms with van der Waals surface area (Å²) in [6, 6.07) is 11.6. The van der Waals surface area contributed by atoms with E-state index >= 15 is 0 Å². The fourth-order valence-corrected chi connectivity index (χ4v) is 1.66. The molecule has 2 aromatic rings. The second kappa shape index (κ2) is 3.99. The Morgan fingerprint density at radius 3 is 2.57 bits per heavy atom. The molecular weight excluding hydrogens is 190 g/mol. The van der Waals surface area contributed by atoms with Crippen LogP contribution in [-0.2, 0) is 0 Å². The second-order valence-corrected chi connectivity index (χ2v) is 3.76. The zero-order chi connectivity index (χ0) is 9.80. The van der Waals surface area contributed by atoms with Gasteiger partial charge in [-0.3, -0.25) is 0 Å². The Hall–Kier alpha value is -1.72. The average molecular weight is 199 g/mol. The molecule has 14 heavy (non-hydrogen) atoms. The number of rotatable bonds is 0. The van der Waals surface area contributed by atoms with E-state index in [4.69, 9.17) is 5.73 Å². The van der Waals surface area contributed by atoms with E-state index in [2.05, 4.69) is 11.8 Å². The van der Waals surface area contributed by atoms with Gasteiger partial charge in [-0.25, -0.2) is 0 Å². The highest BCUT2D eigenvalue weighted by atomic mass is 32.1. The number of hydrogen-bond donors (Lipinski definition) is 1. The van der Waals surface area contributed by atoms with E-state index in [1.165, 1.54) is 0 Å².